The molecule has 2 rings (SSSR count). The second kappa shape index (κ2) is 4.61. The summed E-state index contributed by atoms with van der Waals surface area (Å²) < 4.78 is 5.54. The second-order valence-electron chi connectivity index (χ2n) is 4.17. The lowest BCUT2D eigenvalue weighted by atomic mass is 9.94. The van der Waals surface area contributed by atoms with Crippen LogP contribution in [0.3, 0.4) is 0 Å². The summed E-state index contributed by atoms with van der Waals surface area (Å²) in [6.45, 7) is 1.12. The van der Waals surface area contributed by atoms with Crippen molar-refractivity contribution in [1.82, 2.24) is 4.90 Å². The van der Waals surface area contributed by atoms with E-state index in [1.807, 2.05) is 11.8 Å². The Labute approximate surface area is 94.0 Å². The maximum atomic E-state index is 11.6. The standard InChI is InChI=1S/C10H17NO3S/c12-6-5-11-4-3-10(14-9(11)13)2-1-7-15-8-10/h12H,1-8H2. The molecular formula is C10H17NO3S. The number of aliphatic hydroxyl groups is 1. The Bertz CT molecular complexity index is 241. The van der Waals surface area contributed by atoms with Crippen molar-refractivity contribution < 1.29 is 14.6 Å². The maximum absolute atomic E-state index is 11.6. The van der Waals surface area contributed by atoms with Gasteiger partial charge in [-0.05, 0) is 18.6 Å². The van der Waals surface area contributed by atoms with E-state index in [2.05, 4.69) is 0 Å². The molecule has 0 aromatic rings. The summed E-state index contributed by atoms with van der Waals surface area (Å²) in [7, 11) is 0. The Morgan fingerprint density at radius 1 is 1.53 bits per heavy atom. The van der Waals surface area contributed by atoms with E-state index in [0.29, 0.717) is 6.54 Å². The van der Waals surface area contributed by atoms with Crippen molar-refractivity contribution in [3.63, 3.8) is 0 Å². The minimum atomic E-state index is -0.252. The summed E-state index contributed by atoms with van der Waals surface area (Å²) >= 11 is 1.87. The summed E-state index contributed by atoms with van der Waals surface area (Å²) in [5, 5.41) is 8.78. The molecule has 0 saturated carbocycles. The van der Waals surface area contributed by atoms with E-state index in [9.17, 15) is 4.79 Å². The van der Waals surface area contributed by atoms with Crippen LogP contribution in [0.5, 0.6) is 0 Å². The van der Waals surface area contributed by atoms with E-state index in [4.69, 9.17) is 9.84 Å². The van der Waals surface area contributed by atoms with E-state index in [-0.39, 0.29) is 18.3 Å². The van der Waals surface area contributed by atoms with Gasteiger partial charge in [-0.15, -0.1) is 0 Å². The van der Waals surface area contributed by atoms with Crippen LogP contribution in [0, 0.1) is 0 Å². The molecule has 1 N–H and O–H groups in total. The average molecular weight is 231 g/mol. The van der Waals surface area contributed by atoms with Crippen LogP contribution in [0.2, 0.25) is 0 Å². The number of β-amino-alcohol motifs (C(OH)–C–C–N with tert-alkyl or cyclic N) is 1. The van der Waals surface area contributed by atoms with Gasteiger partial charge in [0.15, 0.2) is 0 Å². The number of rotatable bonds is 2. The number of aliphatic hydroxyl groups excluding tert-OH is 1. The Kier molecular flexibility index (Phi) is 3.41. The first-order valence-corrected chi connectivity index (χ1v) is 6.58. The normalized spacial score (nSPS) is 31.8. The van der Waals surface area contributed by atoms with Crippen molar-refractivity contribution in [2.24, 2.45) is 0 Å². The van der Waals surface area contributed by atoms with Gasteiger partial charge in [0.25, 0.3) is 0 Å². The molecule has 0 radical (unpaired) electrons. The van der Waals surface area contributed by atoms with Gasteiger partial charge < -0.3 is 14.7 Å². The highest BCUT2D eigenvalue weighted by molar-refractivity contribution is 7.99. The molecule has 15 heavy (non-hydrogen) atoms. The molecule has 1 unspecified atom stereocenters. The monoisotopic (exact) mass is 231 g/mol. The van der Waals surface area contributed by atoms with Gasteiger partial charge in [-0.25, -0.2) is 4.79 Å². The molecule has 0 aromatic heterocycles. The highest BCUT2D eigenvalue weighted by Gasteiger charge is 2.41. The quantitative estimate of drug-likeness (QED) is 0.773. The summed E-state index contributed by atoms with van der Waals surface area (Å²) in [6, 6.07) is 0. The summed E-state index contributed by atoms with van der Waals surface area (Å²) in [4.78, 5) is 13.2. The SMILES string of the molecule is O=C1OC2(CCCSC2)CCN1CCO. The molecule has 1 spiro atoms. The Balaban J connectivity index is 1.94. The fourth-order valence-corrected chi connectivity index (χ4v) is 3.37. The third-order valence-electron chi connectivity index (χ3n) is 3.06. The molecule has 2 aliphatic heterocycles. The van der Waals surface area contributed by atoms with Gasteiger partial charge in [-0.3, -0.25) is 0 Å². The lowest BCUT2D eigenvalue weighted by Crippen LogP contribution is -2.52. The zero-order chi connectivity index (χ0) is 10.7. The number of carbonyl (C=O) groups excluding carboxylic acids is 1. The van der Waals surface area contributed by atoms with E-state index in [0.717, 1.165) is 31.6 Å². The molecule has 1 atom stereocenters. The van der Waals surface area contributed by atoms with Crippen LogP contribution >= 0.6 is 11.8 Å². The smallest absolute Gasteiger partial charge is 0.410 e. The lowest BCUT2D eigenvalue weighted by molar-refractivity contribution is -0.0425. The number of ether oxygens (including phenoxy) is 1. The number of amides is 1. The molecule has 1 amide bonds. The van der Waals surface area contributed by atoms with Gasteiger partial charge in [0, 0.05) is 25.3 Å². The molecule has 2 saturated heterocycles. The summed E-state index contributed by atoms with van der Waals surface area (Å²) in [6.07, 6.45) is 2.79. The van der Waals surface area contributed by atoms with Crippen molar-refractivity contribution in [2.45, 2.75) is 24.9 Å². The Morgan fingerprint density at radius 2 is 2.40 bits per heavy atom. The largest absolute Gasteiger partial charge is 0.442 e. The molecule has 0 aliphatic carbocycles. The van der Waals surface area contributed by atoms with E-state index < -0.39 is 0 Å². The Morgan fingerprint density at radius 3 is 3.00 bits per heavy atom. The summed E-state index contributed by atoms with van der Waals surface area (Å²) in [5.41, 5.74) is -0.202. The maximum Gasteiger partial charge on any atom is 0.410 e. The molecule has 2 aliphatic rings. The first kappa shape index (κ1) is 11.1. The predicted octanol–water partition coefficient (Wildman–Crippen LogP) is 1.09. The van der Waals surface area contributed by atoms with Crippen LogP contribution in [0.1, 0.15) is 19.3 Å². The molecule has 0 aromatic carbocycles. The first-order chi connectivity index (χ1) is 7.26. The van der Waals surface area contributed by atoms with Crippen LogP contribution in [0.15, 0.2) is 0 Å². The third-order valence-corrected chi connectivity index (χ3v) is 4.36. The van der Waals surface area contributed by atoms with Gasteiger partial charge in [-0.2, -0.15) is 11.8 Å². The van der Waals surface area contributed by atoms with Gasteiger partial charge in [0.1, 0.15) is 5.60 Å². The minimum absolute atomic E-state index is 0.0108. The van der Waals surface area contributed by atoms with Gasteiger partial charge in [0.2, 0.25) is 0 Å². The number of carbonyl (C=O) groups is 1. The molecular weight excluding hydrogens is 214 g/mol. The lowest BCUT2D eigenvalue weighted by Gasteiger charge is -2.42. The second-order valence-corrected chi connectivity index (χ2v) is 5.27. The van der Waals surface area contributed by atoms with Gasteiger partial charge >= 0.3 is 6.09 Å². The van der Waals surface area contributed by atoms with Gasteiger partial charge in [-0.1, -0.05) is 0 Å². The number of hydrogen-bond acceptors (Lipinski definition) is 4. The zero-order valence-corrected chi connectivity index (χ0v) is 9.59. The van der Waals surface area contributed by atoms with E-state index in [1.54, 1.807) is 4.90 Å². The van der Waals surface area contributed by atoms with Crippen LogP contribution in [0.4, 0.5) is 4.79 Å². The van der Waals surface area contributed by atoms with Crippen molar-refractivity contribution in [2.75, 3.05) is 31.2 Å². The molecule has 0 bridgehead atoms. The van der Waals surface area contributed by atoms with Crippen molar-refractivity contribution in [3.8, 4) is 0 Å². The van der Waals surface area contributed by atoms with E-state index >= 15 is 0 Å². The van der Waals surface area contributed by atoms with Crippen molar-refractivity contribution in [1.29, 1.82) is 0 Å². The highest BCUT2D eigenvalue weighted by atomic mass is 32.2. The average Bonchev–Trinajstić information content (AvgIpc) is 2.24. The molecule has 86 valence electrons. The number of hydrogen-bond donors (Lipinski definition) is 1. The topological polar surface area (TPSA) is 49.8 Å². The summed E-state index contributed by atoms with van der Waals surface area (Å²) in [5.74, 6) is 2.12. The van der Waals surface area contributed by atoms with Crippen molar-refractivity contribution in [3.05, 3.63) is 0 Å². The van der Waals surface area contributed by atoms with E-state index in [1.165, 1.54) is 5.75 Å². The zero-order valence-electron chi connectivity index (χ0n) is 8.78. The van der Waals surface area contributed by atoms with Crippen LogP contribution in [0.25, 0.3) is 0 Å². The van der Waals surface area contributed by atoms with Crippen LogP contribution in [-0.2, 0) is 4.74 Å². The van der Waals surface area contributed by atoms with Crippen LogP contribution in [-0.4, -0.2) is 52.9 Å². The third kappa shape index (κ3) is 2.39. The van der Waals surface area contributed by atoms with Crippen molar-refractivity contribution >= 4 is 17.9 Å². The molecule has 4 nitrogen and oxygen atoms in total. The molecule has 2 fully saturated rings. The first-order valence-electron chi connectivity index (χ1n) is 5.42. The Hall–Kier alpha value is -0.420. The highest BCUT2D eigenvalue weighted by Crippen LogP contribution is 2.35. The van der Waals surface area contributed by atoms with Gasteiger partial charge in [0.05, 0.1) is 6.61 Å². The number of nitrogens with zero attached hydrogens (tertiary/aromatic N) is 1. The number of thioether (sulfide) groups is 1. The molecule has 2 heterocycles. The van der Waals surface area contributed by atoms with Crippen LogP contribution < -0.4 is 0 Å². The fourth-order valence-electron chi connectivity index (χ4n) is 2.16. The fraction of sp³-hybridized carbons (Fsp3) is 0.900. The minimum Gasteiger partial charge on any atom is -0.442 e. The predicted molar refractivity (Wildman–Crippen MR) is 59.0 cm³/mol. The molecule has 5 heteroatoms.